The Morgan fingerprint density at radius 2 is 2.00 bits per heavy atom. The molecule has 0 spiro atoms. The molecule has 1 fully saturated rings. The van der Waals surface area contributed by atoms with Crippen molar-refractivity contribution in [2.24, 2.45) is 5.92 Å². The van der Waals surface area contributed by atoms with E-state index in [0.29, 0.717) is 37.4 Å². The average molecular weight is 401 g/mol. The monoisotopic (exact) mass is 400 g/mol. The van der Waals surface area contributed by atoms with Crippen molar-refractivity contribution in [3.63, 3.8) is 0 Å². The number of amides is 1. The van der Waals surface area contributed by atoms with Crippen LogP contribution in [0.1, 0.15) is 12.8 Å². The lowest BCUT2D eigenvalue weighted by Crippen LogP contribution is -2.43. The van der Waals surface area contributed by atoms with Gasteiger partial charge >= 0.3 is 0 Å². The number of carbonyl (C=O) groups excluding carboxylic acids is 1. The van der Waals surface area contributed by atoms with Gasteiger partial charge in [0.15, 0.2) is 0 Å². The van der Waals surface area contributed by atoms with Crippen LogP contribution in [0.15, 0.2) is 72.1 Å². The van der Waals surface area contributed by atoms with Crippen LogP contribution in [0.5, 0.6) is 5.75 Å². The Kier molecular flexibility index (Phi) is 6.49. The molecule has 0 aliphatic carbocycles. The molecule has 1 amide bonds. The van der Waals surface area contributed by atoms with Crippen molar-refractivity contribution in [2.45, 2.75) is 17.7 Å². The van der Waals surface area contributed by atoms with E-state index in [0.717, 1.165) is 0 Å². The van der Waals surface area contributed by atoms with E-state index in [1.54, 1.807) is 60.7 Å². The first-order valence-electron chi connectivity index (χ1n) is 9.20. The van der Waals surface area contributed by atoms with Crippen LogP contribution in [0.3, 0.4) is 0 Å². The molecule has 1 N–H and O–H groups in total. The van der Waals surface area contributed by atoms with Gasteiger partial charge in [-0.05, 0) is 37.1 Å². The van der Waals surface area contributed by atoms with Gasteiger partial charge in [-0.25, -0.2) is 8.42 Å². The van der Waals surface area contributed by atoms with Crippen LogP contribution in [0.25, 0.3) is 0 Å². The maximum atomic E-state index is 12.8. The minimum absolute atomic E-state index is 0.176. The van der Waals surface area contributed by atoms with Crippen LogP contribution in [-0.2, 0) is 14.8 Å². The molecule has 0 bridgehead atoms. The third kappa shape index (κ3) is 4.79. The third-order valence-electron chi connectivity index (χ3n) is 4.61. The first kappa shape index (κ1) is 20.1. The van der Waals surface area contributed by atoms with Gasteiger partial charge in [0.1, 0.15) is 12.4 Å². The molecule has 0 aromatic heterocycles. The zero-order chi connectivity index (χ0) is 20.0. The van der Waals surface area contributed by atoms with E-state index in [1.807, 2.05) is 0 Å². The van der Waals surface area contributed by atoms with E-state index in [2.05, 4.69) is 11.9 Å². The number of sulfonamides is 1. The number of nitrogens with zero attached hydrogens (tertiary/aromatic N) is 1. The van der Waals surface area contributed by atoms with Crippen LogP contribution in [-0.4, -0.2) is 38.3 Å². The smallest absolute Gasteiger partial charge is 0.243 e. The van der Waals surface area contributed by atoms with Gasteiger partial charge in [0.25, 0.3) is 0 Å². The molecule has 0 radical (unpaired) electrons. The van der Waals surface area contributed by atoms with E-state index in [9.17, 15) is 13.2 Å². The lowest BCUT2D eigenvalue weighted by Gasteiger charge is -2.31. The number of anilines is 1. The van der Waals surface area contributed by atoms with Gasteiger partial charge in [-0.1, -0.05) is 36.9 Å². The molecule has 28 heavy (non-hydrogen) atoms. The topological polar surface area (TPSA) is 75.7 Å². The molecule has 6 nitrogen and oxygen atoms in total. The number of nitrogens with one attached hydrogen (secondary N) is 1. The summed E-state index contributed by atoms with van der Waals surface area (Å²) in [7, 11) is -3.59. The molecule has 1 heterocycles. The summed E-state index contributed by atoms with van der Waals surface area (Å²) in [5.41, 5.74) is 0.620. The molecule has 1 saturated heterocycles. The minimum atomic E-state index is -3.59. The molecule has 0 saturated carbocycles. The Morgan fingerprint density at radius 1 is 1.21 bits per heavy atom. The fourth-order valence-corrected chi connectivity index (χ4v) is 4.72. The van der Waals surface area contributed by atoms with Crippen molar-refractivity contribution in [2.75, 3.05) is 25.0 Å². The highest BCUT2D eigenvalue weighted by atomic mass is 32.2. The number of hydrogen-bond donors (Lipinski definition) is 1. The summed E-state index contributed by atoms with van der Waals surface area (Å²) >= 11 is 0. The maximum absolute atomic E-state index is 12.8. The molecule has 0 unspecified atom stereocenters. The van der Waals surface area contributed by atoms with Crippen LogP contribution in [0, 0.1) is 5.92 Å². The van der Waals surface area contributed by atoms with Crippen molar-refractivity contribution in [3.05, 3.63) is 67.3 Å². The lowest BCUT2D eigenvalue weighted by atomic mass is 9.98. The van der Waals surface area contributed by atoms with Gasteiger partial charge in [0.05, 0.1) is 10.8 Å². The molecule has 7 heteroatoms. The van der Waals surface area contributed by atoms with E-state index in [4.69, 9.17) is 4.74 Å². The lowest BCUT2D eigenvalue weighted by molar-refractivity contribution is -0.120. The fraction of sp³-hybridized carbons (Fsp3) is 0.286. The second-order valence-electron chi connectivity index (χ2n) is 6.63. The highest BCUT2D eigenvalue weighted by Crippen LogP contribution is 2.25. The molecule has 2 aromatic carbocycles. The van der Waals surface area contributed by atoms with Crippen LogP contribution in [0.4, 0.5) is 5.69 Å². The Balaban J connectivity index is 1.67. The SMILES string of the molecule is C=CCOc1cccc(NC(=O)[C@H]2CCCN(S(=O)(=O)c3ccccc3)C2)c1. The molecule has 148 valence electrons. The Morgan fingerprint density at radius 3 is 2.75 bits per heavy atom. The van der Waals surface area contributed by atoms with Gasteiger partial charge < -0.3 is 10.1 Å². The number of ether oxygens (including phenoxy) is 1. The Hall–Kier alpha value is -2.64. The summed E-state index contributed by atoms with van der Waals surface area (Å²) in [5, 5.41) is 2.87. The average Bonchev–Trinajstić information content (AvgIpc) is 2.73. The number of hydrogen-bond acceptors (Lipinski definition) is 4. The maximum Gasteiger partial charge on any atom is 0.243 e. The van der Waals surface area contributed by atoms with E-state index in [-0.39, 0.29) is 17.3 Å². The van der Waals surface area contributed by atoms with Crippen LogP contribution in [0.2, 0.25) is 0 Å². The number of piperidine rings is 1. The molecule has 1 atom stereocenters. The van der Waals surface area contributed by atoms with Crippen molar-refractivity contribution in [3.8, 4) is 5.75 Å². The molecular formula is C21H24N2O4S. The summed E-state index contributed by atoms with van der Waals surface area (Å²) in [6, 6.07) is 15.4. The fourth-order valence-electron chi connectivity index (χ4n) is 3.18. The second-order valence-corrected chi connectivity index (χ2v) is 8.57. The minimum Gasteiger partial charge on any atom is -0.489 e. The molecule has 3 rings (SSSR count). The second kappa shape index (κ2) is 9.03. The van der Waals surface area contributed by atoms with Gasteiger partial charge in [0.2, 0.25) is 15.9 Å². The highest BCUT2D eigenvalue weighted by molar-refractivity contribution is 7.89. The van der Waals surface area contributed by atoms with Crippen molar-refractivity contribution < 1.29 is 17.9 Å². The van der Waals surface area contributed by atoms with E-state index in [1.165, 1.54) is 4.31 Å². The van der Waals surface area contributed by atoms with Crippen molar-refractivity contribution in [1.29, 1.82) is 0 Å². The standard InChI is InChI=1S/C21H24N2O4S/c1-2-14-27-19-10-6-9-18(15-19)22-21(24)17-8-7-13-23(16-17)28(25,26)20-11-4-3-5-12-20/h2-6,9-12,15,17H,1,7-8,13-14,16H2,(H,22,24)/t17-/m0/s1. The number of carbonyl (C=O) groups is 1. The van der Waals surface area contributed by atoms with Gasteiger partial charge in [-0.2, -0.15) is 4.31 Å². The number of benzene rings is 2. The third-order valence-corrected chi connectivity index (χ3v) is 6.48. The first-order valence-corrected chi connectivity index (χ1v) is 10.6. The first-order chi connectivity index (χ1) is 13.5. The molecular weight excluding hydrogens is 376 g/mol. The molecule has 2 aromatic rings. The summed E-state index contributed by atoms with van der Waals surface area (Å²) in [4.78, 5) is 13.0. The Bertz CT molecular complexity index is 928. The zero-order valence-corrected chi connectivity index (χ0v) is 16.4. The summed E-state index contributed by atoms with van der Waals surface area (Å²) < 4.78 is 32.5. The zero-order valence-electron chi connectivity index (χ0n) is 15.6. The largest absolute Gasteiger partial charge is 0.489 e. The number of rotatable bonds is 7. The van der Waals surface area contributed by atoms with Crippen molar-refractivity contribution in [1.82, 2.24) is 4.31 Å². The quantitative estimate of drug-likeness (QED) is 0.724. The summed E-state index contributed by atoms with van der Waals surface area (Å²) in [6.07, 6.45) is 2.95. The normalized spacial score (nSPS) is 17.6. The van der Waals surface area contributed by atoms with Gasteiger partial charge in [-0.3, -0.25) is 4.79 Å². The van der Waals surface area contributed by atoms with E-state index >= 15 is 0 Å². The highest BCUT2D eigenvalue weighted by Gasteiger charge is 2.33. The van der Waals surface area contributed by atoms with E-state index < -0.39 is 15.9 Å². The van der Waals surface area contributed by atoms with Crippen LogP contribution >= 0.6 is 0 Å². The molecule has 1 aliphatic heterocycles. The van der Waals surface area contributed by atoms with Gasteiger partial charge in [-0.15, -0.1) is 0 Å². The predicted octanol–water partition coefficient (Wildman–Crippen LogP) is 3.29. The predicted molar refractivity (Wildman–Crippen MR) is 109 cm³/mol. The Labute approximate surface area is 165 Å². The van der Waals surface area contributed by atoms with Gasteiger partial charge in [0, 0.05) is 24.8 Å². The van der Waals surface area contributed by atoms with Crippen LogP contribution < -0.4 is 10.1 Å². The molecule has 1 aliphatic rings. The summed E-state index contributed by atoms with van der Waals surface area (Å²) in [6.45, 7) is 4.59. The van der Waals surface area contributed by atoms with Crippen molar-refractivity contribution >= 4 is 21.6 Å². The summed E-state index contributed by atoms with van der Waals surface area (Å²) in [5.74, 6) is 0.0495.